The van der Waals surface area contributed by atoms with Crippen molar-refractivity contribution in [1.82, 2.24) is 14.8 Å². The molecular weight excluding hydrogens is 432 g/mol. The Morgan fingerprint density at radius 1 is 1.16 bits per heavy atom. The monoisotopic (exact) mass is 448 g/mol. The highest BCUT2D eigenvalue weighted by Crippen LogP contribution is 2.51. The Morgan fingerprint density at radius 2 is 2.03 bits per heavy atom. The summed E-state index contributed by atoms with van der Waals surface area (Å²) < 4.78 is 13.8. The van der Waals surface area contributed by atoms with E-state index in [2.05, 4.69) is 39.0 Å². The Hall–Kier alpha value is -3.29. The summed E-state index contributed by atoms with van der Waals surface area (Å²) in [5.74, 6) is 2.27. The molecule has 2 aromatic carbocycles. The zero-order chi connectivity index (χ0) is 20.9. The first-order valence-corrected chi connectivity index (χ1v) is 11.0. The van der Waals surface area contributed by atoms with E-state index in [1.54, 1.807) is 24.8 Å². The molecule has 154 valence electrons. The van der Waals surface area contributed by atoms with Gasteiger partial charge in [0.2, 0.25) is 5.95 Å². The van der Waals surface area contributed by atoms with Crippen LogP contribution in [0.5, 0.6) is 11.5 Å². The largest absolute Gasteiger partial charge is 0.497 e. The lowest BCUT2D eigenvalue weighted by molar-refractivity contribution is 0.226. The van der Waals surface area contributed by atoms with E-state index in [0.29, 0.717) is 11.0 Å². The lowest BCUT2D eigenvalue weighted by Crippen LogP contribution is -2.32. The summed E-state index contributed by atoms with van der Waals surface area (Å²) in [4.78, 5) is 5.57. The second-order valence-corrected chi connectivity index (χ2v) is 8.73. The van der Waals surface area contributed by atoms with E-state index in [9.17, 15) is 0 Å². The van der Waals surface area contributed by atoms with Crippen LogP contribution in [0.3, 0.4) is 0 Å². The molecule has 6 nitrogen and oxygen atoms in total. The van der Waals surface area contributed by atoms with E-state index in [1.807, 2.05) is 41.1 Å². The molecule has 2 aliphatic heterocycles. The summed E-state index contributed by atoms with van der Waals surface area (Å²) in [7, 11) is 1.66. The van der Waals surface area contributed by atoms with Gasteiger partial charge >= 0.3 is 0 Å². The number of anilines is 1. The van der Waals surface area contributed by atoms with Crippen LogP contribution >= 0.6 is 22.9 Å². The number of hydrogen-bond acceptors (Lipinski definition) is 6. The number of nitrogens with zero attached hydrogens (tertiary/aromatic N) is 3. The molecule has 2 aromatic heterocycles. The van der Waals surface area contributed by atoms with E-state index < -0.39 is 0 Å². The van der Waals surface area contributed by atoms with Crippen LogP contribution in [0.2, 0.25) is 5.02 Å². The van der Waals surface area contributed by atoms with E-state index in [1.165, 1.54) is 0 Å². The summed E-state index contributed by atoms with van der Waals surface area (Å²) in [5.41, 5.74) is 4.02. The van der Waals surface area contributed by atoms with Gasteiger partial charge in [-0.3, -0.25) is 0 Å². The average molecular weight is 449 g/mol. The second-order valence-electron chi connectivity index (χ2n) is 7.31. The third-order valence-corrected chi connectivity index (χ3v) is 6.76. The molecule has 0 aliphatic carbocycles. The maximum atomic E-state index is 6.56. The van der Waals surface area contributed by atoms with Crippen LogP contribution in [-0.4, -0.2) is 21.9 Å². The first-order chi connectivity index (χ1) is 15.2. The van der Waals surface area contributed by atoms with Crippen molar-refractivity contribution in [2.45, 2.75) is 12.1 Å². The maximum Gasteiger partial charge on any atom is 0.226 e. The van der Waals surface area contributed by atoms with Gasteiger partial charge in [0.1, 0.15) is 23.9 Å². The van der Waals surface area contributed by atoms with Crippen LogP contribution in [0.4, 0.5) is 5.95 Å². The SMILES string of the molecule is COc1ccc([C@@H]2C3=C(Nc4ncnn42)c2cc(Cl)ccc2O[C@@H]3c2cccs2)cc1. The molecule has 31 heavy (non-hydrogen) atoms. The Kier molecular flexibility index (Phi) is 4.26. The molecule has 0 radical (unpaired) electrons. The quantitative estimate of drug-likeness (QED) is 0.444. The van der Waals surface area contributed by atoms with Crippen molar-refractivity contribution in [1.29, 1.82) is 0 Å². The molecule has 0 saturated carbocycles. The molecule has 2 aliphatic rings. The highest BCUT2D eigenvalue weighted by molar-refractivity contribution is 7.10. The van der Waals surface area contributed by atoms with Gasteiger partial charge in [0.25, 0.3) is 0 Å². The van der Waals surface area contributed by atoms with Gasteiger partial charge in [-0.15, -0.1) is 11.3 Å². The van der Waals surface area contributed by atoms with Crippen molar-refractivity contribution >= 4 is 34.6 Å². The minimum Gasteiger partial charge on any atom is -0.497 e. The van der Waals surface area contributed by atoms with Gasteiger partial charge in [0.05, 0.1) is 12.8 Å². The van der Waals surface area contributed by atoms with E-state index in [-0.39, 0.29) is 12.1 Å². The predicted octanol–water partition coefficient (Wildman–Crippen LogP) is 5.56. The fourth-order valence-electron chi connectivity index (χ4n) is 4.23. The van der Waals surface area contributed by atoms with Crippen LogP contribution < -0.4 is 14.8 Å². The molecule has 2 atom stereocenters. The first-order valence-electron chi connectivity index (χ1n) is 9.77. The van der Waals surface area contributed by atoms with Crippen molar-refractivity contribution in [2.75, 3.05) is 12.4 Å². The Labute approximate surface area is 187 Å². The normalized spacial score (nSPS) is 19.0. The molecule has 0 fully saturated rings. The molecule has 4 aromatic rings. The lowest BCUT2D eigenvalue weighted by Gasteiger charge is -2.38. The number of benzene rings is 2. The van der Waals surface area contributed by atoms with Gasteiger partial charge in [0, 0.05) is 21.0 Å². The molecule has 4 heterocycles. The first kappa shape index (κ1) is 18.5. The number of rotatable bonds is 3. The van der Waals surface area contributed by atoms with E-state index in [4.69, 9.17) is 21.1 Å². The Morgan fingerprint density at radius 3 is 2.81 bits per heavy atom. The molecule has 0 bridgehead atoms. The molecule has 0 saturated heterocycles. The molecule has 0 spiro atoms. The standard InChI is InChI=1S/C23H17ClN4O2S/c1-29-15-7-4-13(5-8-15)21-19-20(27-23-25-12-26-28(21)23)16-11-14(24)6-9-17(16)30-22(19)18-3-2-10-31-18/h2-12,21-22H,1H3,(H,25,26,27)/t21-,22-/m1/s1. The van der Waals surface area contributed by atoms with Gasteiger partial charge in [-0.05, 0) is 47.3 Å². The third-order valence-electron chi connectivity index (χ3n) is 5.61. The number of aromatic nitrogens is 3. The predicted molar refractivity (Wildman–Crippen MR) is 121 cm³/mol. The number of hydrogen-bond donors (Lipinski definition) is 1. The second kappa shape index (κ2) is 7.14. The number of methoxy groups -OCH3 is 1. The van der Waals surface area contributed by atoms with Crippen LogP contribution in [0.25, 0.3) is 5.70 Å². The number of fused-ring (bicyclic) bond motifs is 3. The smallest absolute Gasteiger partial charge is 0.226 e. The third kappa shape index (κ3) is 2.92. The van der Waals surface area contributed by atoms with Crippen LogP contribution in [0, 0.1) is 0 Å². The number of thiophene rings is 1. The summed E-state index contributed by atoms with van der Waals surface area (Å²) >= 11 is 8.03. The van der Waals surface area contributed by atoms with Crippen molar-refractivity contribution in [3.8, 4) is 11.5 Å². The maximum absolute atomic E-state index is 6.56. The highest BCUT2D eigenvalue weighted by Gasteiger charge is 2.41. The highest BCUT2D eigenvalue weighted by atomic mass is 35.5. The van der Waals surface area contributed by atoms with Crippen molar-refractivity contribution in [3.63, 3.8) is 0 Å². The fourth-order valence-corrected chi connectivity index (χ4v) is 5.17. The Bertz CT molecular complexity index is 1300. The Balaban J connectivity index is 1.62. The fraction of sp³-hybridized carbons (Fsp3) is 0.130. The molecule has 0 amide bonds. The van der Waals surface area contributed by atoms with Gasteiger partial charge in [-0.2, -0.15) is 10.1 Å². The minimum absolute atomic E-state index is 0.195. The molecule has 8 heteroatoms. The summed E-state index contributed by atoms with van der Waals surface area (Å²) in [6.07, 6.45) is 1.30. The molecule has 0 unspecified atom stereocenters. The van der Waals surface area contributed by atoms with Crippen molar-refractivity contribution in [2.24, 2.45) is 0 Å². The molecule has 1 N–H and O–H groups in total. The summed E-state index contributed by atoms with van der Waals surface area (Å²) in [6.45, 7) is 0. The minimum atomic E-state index is -0.263. The zero-order valence-electron chi connectivity index (χ0n) is 16.4. The van der Waals surface area contributed by atoms with Crippen molar-refractivity contribution < 1.29 is 9.47 Å². The van der Waals surface area contributed by atoms with Gasteiger partial charge < -0.3 is 14.8 Å². The van der Waals surface area contributed by atoms with Crippen molar-refractivity contribution in [3.05, 3.63) is 92.9 Å². The van der Waals surface area contributed by atoms with Crippen LogP contribution in [0.15, 0.2) is 71.9 Å². The van der Waals surface area contributed by atoms with Gasteiger partial charge in [-0.25, -0.2) is 4.68 Å². The van der Waals surface area contributed by atoms with Gasteiger partial charge in [-0.1, -0.05) is 29.8 Å². The van der Waals surface area contributed by atoms with Crippen LogP contribution in [0.1, 0.15) is 28.1 Å². The number of ether oxygens (including phenoxy) is 2. The van der Waals surface area contributed by atoms with Gasteiger partial charge in [0.15, 0.2) is 6.10 Å². The number of nitrogens with one attached hydrogen (secondary N) is 1. The van der Waals surface area contributed by atoms with E-state index in [0.717, 1.165) is 38.8 Å². The zero-order valence-corrected chi connectivity index (χ0v) is 18.0. The number of halogens is 1. The molecular formula is C23H17ClN4O2S. The summed E-state index contributed by atoms with van der Waals surface area (Å²) in [6, 6.07) is 17.7. The van der Waals surface area contributed by atoms with Crippen LogP contribution in [-0.2, 0) is 0 Å². The molecule has 6 rings (SSSR count). The topological polar surface area (TPSA) is 61.2 Å². The average Bonchev–Trinajstić information content (AvgIpc) is 3.49. The lowest BCUT2D eigenvalue weighted by atomic mass is 9.86. The summed E-state index contributed by atoms with van der Waals surface area (Å²) in [5, 5.41) is 10.7. The van der Waals surface area contributed by atoms with E-state index >= 15 is 0 Å².